The van der Waals surface area contributed by atoms with E-state index in [4.69, 9.17) is 0 Å². The summed E-state index contributed by atoms with van der Waals surface area (Å²) in [6.07, 6.45) is 1.67. The Kier molecular flexibility index (Phi) is 4.12. The molecule has 0 radical (unpaired) electrons. The van der Waals surface area contributed by atoms with Crippen molar-refractivity contribution in [3.63, 3.8) is 0 Å². The molecule has 1 aliphatic rings. The van der Waals surface area contributed by atoms with Crippen LogP contribution in [0, 0.1) is 0 Å². The number of carbonyl (C=O) groups excluding carboxylic acids is 1. The van der Waals surface area contributed by atoms with Crippen LogP contribution in [-0.2, 0) is 4.79 Å². The van der Waals surface area contributed by atoms with Crippen molar-refractivity contribution in [3.8, 4) is 11.1 Å². The first-order chi connectivity index (χ1) is 10.3. The maximum absolute atomic E-state index is 11.0. The van der Waals surface area contributed by atoms with Gasteiger partial charge in [-0.15, -0.1) is 5.10 Å². The van der Waals surface area contributed by atoms with Gasteiger partial charge in [-0.1, -0.05) is 66.4 Å². The molecule has 1 aliphatic heterocycles. The van der Waals surface area contributed by atoms with Crippen LogP contribution >= 0.6 is 11.8 Å². The Bertz CT molecular complexity index is 693. The van der Waals surface area contributed by atoms with E-state index in [0.717, 1.165) is 11.1 Å². The van der Waals surface area contributed by atoms with Crippen molar-refractivity contribution in [1.82, 2.24) is 5.32 Å². The molecule has 2 aromatic carbocycles. The zero-order valence-electron chi connectivity index (χ0n) is 11.2. The number of amidine groups is 1. The van der Waals surface area contributed by atoms with E-state index in [0.29, 0.717) is 10.9 Å². The fourth-order valence-corrected chi connectivity index (χ4v) is 2.55. The molecule has 1 heterocycles. The average Bonchev–Trinajstić information content (AvgIpc) is 2.94. The molecule has 5 heteroatoms. The zero-order chi connectivity index (χ0) is 14.5. The number of hydrogen-bond acceptors (Lipinski definition) is 4. The minimum Gasteiger partial charge on any atom is -0.303 e. The number of nitrogens with zero attached hydrogens (tertiary/aromatic N) is 2. The molecule has 21 heavy (non-hydrogen) atoms. The predicted octanol–water partition coefficient (Wildman–Crippen LogP) is 2.91. The number of benzene rings is 2. The Hall–Kier alpha value is -2.40. The number of rotatable bonds is 3. The van der Waals surface area contributed by atoms with E-state index in [1.807, 2.05) is 30.3 Å². The fourth-order valence-electron chi connectivity index (χ4n) is 1.92. The molecular formula is C16H13N3OS. The minimum atomic E-state index is -0.0267. The van der Waals surface area contributed by atoms with Crippen LogP contribution in [0.5, 0.6) is 0 Å². The Morgan fingerprint density at radius 2 is 1.71 bits per heavy atom. The van der Waals surface area contributed by atoms with Crippen LogP contribution in [0.4, 0.5) is 0 Å². The molecule has 0 aromatic heterocycles. The lowest BCUT2D eigenvalue weighted by molar-refractivity contribution is -0.116. The lowest BCUT2D eigenvalue weighted by Gasteiger charge is -2.01. The Morgan fingerprint density at radius 1 is 1.00 bits per heavy atom. The van der Waals surface area contributed by atoms with Gasteiger partial charge in [-0.05, 0) is 16.7 Å². The molecule has 104 valence electrons. The molecule has 1 N–H and O–H groups in total. The van der Waals surface area contributed by atoms with Crippen LogP contribution in [0.25, 0.3) is 11.1 Å². The SMILES string of the molecule is O=C1CSC(=NN=Cc2ccc(-c3ccccc3)cc2)N1. The first kappa shape index (κ1) is 13.6. The van der Waals surface area contributed by atoms with Crippen LogP contribution in [0.2, 0.25) is 0 Å². The van der Waals surface area contributed by atoms with Gasteiger partial charge in [0, 0.05) is 0 Å². The predicted molar refractivity (Wildman–Crippen MR) is 87.5 cm³/mol. The van der Waals surface area contributed by atoms with Crippen molar-refractivity contribution >= 4 is 29.1 Å². The summed E-state index contributed by atoms with van der Waals surface area (Å²) in [6, 6.07) is 18.3. The van der Waals surface area contributed by atoms with Crippen molar-refractivity contribution < 1.29 is 4.79 Å². The summed E-state index contributed by atoms with van der Waals surface area (Å²) in [6.45, 7) is 0. The zero-order valence-corrected chi connectivity index (χ0v) is 12.0. The highest BCUT2D eigenvalue weighted by molar-refractivity contribution is 8.15. The number of thioether (sulfide) groups is 1. The van der Waals surface area contributed by atoms with Gasteiger partial charge in [0.05, 0.1) is 12.0 Å². The van der Waals surface area contributed by atoms with Gasteiger partial charge < -0.3 is 5.32 Å². The lowest BCUT2D eigenvalue weighted by Crippen LogP contribution is -2.19. The van der Waals surface area contributed by atoms with Gasteiger partial charge in [0.1, 0.15) is 0 Å². The summed E-state index contributed by atoms with van der Waals surface area (Å²) in [7, 11) is 0. The third kappa shape index (κ3) is 3.58. The second-order valence-corrected chi connectivity index (χ2v) is 5.44. The standard InChI is InChI=1S/C16H13N3OS/c20-15-11-21-16(18-15)19-17-10-12-6-8-14(9-7-12)13-4-2-1-3-5-13/h1-10H,11H2,(H,18,19,20). The van der Waals surface area contributed by atoms with Crippen molar-refractivity contribution in [1.29, 1.82) is 0 Å². The Balaban J connectivity index is 1.69. The molecule has 0 aliphatic carbocycles. The normalized spacial score (nSPS) is 16.6. The monoisotopic (exact) mass is 295 g/mol. The maximum Gasteiger partial charge on any atom is 0.236 e. The maximum atomic E-state index is 11.0. The first-order valence-electron chi connectivity index (χ1n) is 6.50. The van der Waals surface area contributed by atoms with Crippen molar-refractivity contribution in [2.75, 3.05) is 5.75 Å². The second kappa shape index (κ2) is 6.37. The smallest absolute Gasteiger partial charge is 0.236 e. The van der Waals surface area contributed by atoms with Crippen LogP contribution in [0.1, 0.15) is 5.56 Å². The summed E-state index contributed by atoms with van der Waals surface area (Å²) in [5.41, 5.74) is 3.32. The van der Waals surface area contributed by atoms with Gasteiger partial charge >= 0.3 is 0 Å². The van der Waals surface area contributed by atoms with Crippen LogP contribution in [0.15, 0.2) is 64.8 Å². The Labute approximate surface area is 127 Å². The highest BCUT2D eigenvalue weighted by Gasteiger charge is 2.15. The lowest BCUT2D eigenvalue weighted by atomic mass is 10.0. The number of amides is 1. The average molecular weight is 295 g/mol. The molecule has 4 nitrogen and oxygen atoms in total. The topological polar surface area (TPSA) is 53.8 Å². The van der Waals surface area contributed by atoms with E-state index in [1.54, 1.807) is 6.21 Å². The van der Waals surface area contributed by atoms with Gasteiger partial charge in [0.25, 0.3) is 0 Å². The van der Waals surface area contributed by atoms with E-state index in [9.17, 15) is 4.79 Å². The third-order valence-corrected chi connectivity index (χ3v) is 3.82. The van der Waals surface area contributed by atoms with Gasteiger partial charge in [-0.25, -0.2) is 0 Å². The number of nitrogens with one attached hydrogen (secondary N) is 1. The van der Waals surface area contributed by atoms with E-state index < -0.39 is 0 Å². The van der Waals surface area contributed by atoms with Crippen molar-refractivity contribution in [2.24, 2.45) is 10.2 Å². The molecular weight excluding hydrogens is 282 g/mol. The summed E-state index contributed by atoms with van der Waals surface area (Å²) in [5.74, 6) is 0.390. The molecule has 0 bridgehead atoms. The molecule has 3 rings (SSSR count). The first-order valence-corrected chi connectivity index (χ1v) is 7.49. The fraction of sp³-hybridized carbons (Fsp3) is 0.0625. The van der Waals surface area contributed by atoms with E-state index >= 15 is 0 Å². The van der Waals surface area contributed by atoms with Crippen LogP contribution < -0.4 is 5.32 Å². The highest BCUT2D eigenvalue weighted by atomic mass is 32.2. The quantitative estimate of drug-likeness (QED) is 0.699. The van der Waals surface area contributed by atoms with Gasteiger partial charge in [-0.2, -0.15) is 5.10 Å². The molecule has 0 atom stereocenters. The van der Waals surface area contributed by atoms with Gasteiger partial charge in [-0.3, -0.25) is 4.79 Å². The number of carbonyl (C=O) groups is 1. The van der Waals surface area contributed by atoms with E-state index in [1.165, 1.54) is 17.3 Å². The summed E-state index contributed by atoms with van der Waals surface area (Å²) in [5, 5.41) is 11.1. The molecule has 0 unspecified atom stereocenters. The van der Waals surface area contributed by atoms with E-state index in [-0.39, 0.29) is 5.91 Å². The number of hydrogen-bond donors (Lipinski definition) is 1. The Morgan fingerprint density at radius 3 is 2.38 bits per heavy atom. The summed E-state index contributed by atoms with van der Waals surface area (Å²) in [4.78, 5) is 11.0. The van der Waals surface area contributed by atoms with E-state index in [2.05, 4.69) is 39.8 Å². The van der Waals surface area contributed by atoms with Crippen LogP contribution in [0.3, 0.4) is 0 Å². The summed E-state index contributed by atoms with van der Waals surface area (Å²) >= 11 is 1.36. The molecule has 0 spiro atoms. The molecule has 2 aromatic rings. The summed E-state index contributed by atoms with van der Waals surface area (Å²) < 4.78 is 0. The van der Waals surface area contributed by atoms with Crippen molar-refractivity contribution in [2.45, 2.75) is 0 Å². The van der Waals surface area contributed by atoms with Gasteiger partial charge in [0.15, 0.2) is 5.17 Å². The van der Waals surface area contributed by atoms with Crippen LogP contribution in [-0.4, -0.2) is 23.0 Å². The highest BCUT2D eigenvalue weighted by Crippen LogP contribution is 2.18. The molecule has 0 saturated carbocycles. The third-order valence-electron chi connectivity index (χ3n) is 2.96. The van der Waals surface area contributed by atoms with Gasteiger partial charge in [0.2, 0.25) is 5.91 Å². The second-order valence-electron chi connectivity index (χ2n) is 4.47. The molecule has 1 fully saturated rings. The molecule has 1 amide bonds. The molecule has 1 saturated heterocycles. The minimum absolute atomic E-state index is 0.0267. The van der Waals surface area contributed by atoms with Crippen molar-refractivity contribution in [3.05, 3.63) is 60.2 Å². The largest absolute Gasteiger partial charge is 0.303 e.